The van der Waals surface area contributed by atoms with Crippen LogP contribution < -0.4 is 10.6 Å². The molecule has 3 N–H and O–H groups in total. The molecule has 1 aromatic heterocycles. The molecule has 0 radical (unpaired) electrons. The van der Waals surface area contributed by atoms with Gasteiger partial charge in [-0.25, -0.2) is 13.6 Å². The average Bonchev–Trinajstić information content (AvgIpc) is 2.84. The minimum Gasteiger partial charge on any atom is -0.480 e. The highest BCUT2D eigenvalue weighted by Gasteiger charge is 2.25. The number of amides is 2. The molecular formula is C26H19F2N3O4. The Morgan fingerprint density at radius 2 is 1.54 bits per heavy atom. The highest BCUT2D eigenvalue weighted by molar-refractivity contribution is 6.12. The van der Waals surface area contributed by atoms with Crippen molar-refractivity contribution in [2.45, 2.75) is 12.5 Å². The predicted molar refractivity (Wildman–Crippen MR) is 125 cm³/mol. The highest BCUT2D eigenvalue weighted by atomic mass is 19.1. The molecule has 0 aliphatic heterocycles. The molecule has 0 aliphatic carbocycles. The number of hydrogen-bond donors (Lipinski definition) is 3. The van der Waals surface area contributed by atoms with Gasteiger partial charge in [0.25, 0.3) is 11.8 Å². The standard InChI is InChI=1S/C26H19F2N3O4/c27-19-5-3-6-20(28)23(19)25(33)31-22(26(34)35)14-15-8-10-16(11-9-15)30-24(32)18-12-13-29-21-7-2-1-4-17(18)21/h1-13,22H,14H2,(H,30,32)(H,31,33)(H,34,35)/t22-/m0/s1. The molecule has 0 bridgehead atoms. The molecule has 1 heterocycles. The van der Waals surface area contributed by atoms with E-state index in [1.807, 2.05) is 12.1 Å². The smallest absolute Gasteiger partial charge is 0.326 e. The number of nitrogens with one attached hydrogen (secondary N) is 2. The molecule has 0 aliphatic rings. The Morgan fingerprint density at radius 3 is 2.23 bits per heavy atom. The zero-order chi connectivity index (χ0) is 24.9. The quantitative estimate of drug-likeness (QED) is 0.372. The number of carboxylic acids is 1. The van der Waals surface area contributed by atoms with E-state index in [2.05, 4.69) is 15.6 Å². The van der Waals surface area contributed by atoms with Crippen molar-refractivity contribution in [3.8, 4) is 0 Å². The molecule has 0 saturated heterocycles. The van der Waals surface area contributed by atoms with Gasteiger partial charge < -0.3 is 15.7 Å². The second kappa shape index (κ2) is 10.1. The Labute approximate surface area is 198 Å². The number of carboxylic acid groups (broad SMARTS) is 1. The Kier molecular flexibility index (Phi) is 6.77. The number of aromatic nitrogens is 1. The number of aliphatic carboxylic acids is 1. The van der Waals surface area contributed by atoms with Crippen LogP contribution in [0.25, 0.3) is 10.9 Å². The van der Waals surface area contributed by atoms with Gasteiger partial charge in [-0.1, -0.05) is 36.4 Å². The van der Waals surface area contributed by atoms with E-state index in [0.717, 1.165) is 18.2 Å². The lowest BCUT2D eigenvalue weighted by molar-refractivity contribution is -0.139. The molecule has 35 heavy (non-hydrogen) atoms. The first-order chi connectivity index (χ1) is 16.8. The van der Waals surface area contributed by atoms with E-state index in [9.17, 15) is 28.3 Å². The van der Waals surface area contributed by atoms with Gasteiger partial charge in [0.1, 0.15) is 23.2 Å². The van der Waals surface area contributed by atoms with Crippen molar-refractivity contribution in [2.75, 3.05) is 5.32 Å². The number of rotatable bonds is 7. The topological polar surface area (TPSA) is 108 Å². The van der Waals surface area contributed by atoms with Crippen LogP contribution in [-0.2, 0) is 11.2 Å². The van der Waals surface area contributed by atoms with Crippen LogP contribution in [0.1, 0.15) is 26.3 Å². The van der Waals surface area contributed by atoms with E-state index < -0.39 is 35.1 Å². The SMILES string of the molecule is O=C(N[C@@H](Cc1ccc(NC(=O)c2ccnc3ccccc23)cc1)C(=O)O)c1c(F)cccc1F. The largest absolute Gasteiger partial charge is 0.480 e. The van der Waals surface area contributed by atoms with Crippen LogP contribution in [-0.4, -0.2) is 33.9 Å². The molecule has 0 saturated carbocycles. The molecule has 3 aromatic carbocycles. The first kappa shape index (κ1) is 23.5. The van der Waals surface area contributed by atoms with Gasteiger partial charge >= 0.3 is 5.97 Å². The van der Waals surface area contributed by atoms with Gasteiger partial charge in [0.15, 0.2) is 0 Å². The van der Waals surface area contributed by atoms with Crippen LogP contribution in [0.3, 0.4) is 0 Å². The lowest BCUT2D eigenvalue weighted by Crippen LogP contribution is -2.42. The Hall–Kier alpha value is -4.66. The first-order valence-corrected chi connectivity index (χ1v) is 10.5. The maximum Gasteiger partial charge on any atom is 0.326 e. The molecule has 1 atom stereocenters. The van der Waals surface area contributed by atoms with Crippen LogP contribution in [0, 0.1) is 11.6 Å². The van der Waals surface area contributed by atoms with E-state index in [1.54, 1.807) is 48.7 Å². The number of pyridine rings is 1. The van der Waals surface area contributed by atoms with Crippen molar-refractivity contribution in [1.29, 1.82) is 0 Å². The molecule has 7 nitrogen and oxygen atoms in total. The van der Waals surface area contributed by atoms with Crippen LogP contribution in [0.5, 0.6) is 0 Å². The number of hydrogen-bond acceptors (Lipinski definition) is 4. The minimum atomic E-state index is -1.43. The molecule has 2 amide bonds. The van der Waals surface area contributed by atoms with Crippen LogP contribution in [0.15, 0.2) is 79.0 Å². The van der Waals surface area contributed by atoms with E-state index in [4.69, 9.17) is 0 Å². The summed E-state index contributed by atoms with van der Waals surface area (Å²) in [5, 5.41) is 15.1. The number of anilines is 1. The maximum atomic E-state index is 13.9. The lowest BCUT2D eigenvalue weighted by atomic mass is 10.0. The van der Waals surface area contributed by atoms with Gasteiger partial charge in [-0.05, 0) is 42.0 Å². The Bertz CT molecular complexity index is 1400. The fourth-order valence-electron chi connectivity index (χ4n) is 3.60. The van der Waals surface area contributed by atoms with Gasteiger partial charge in [0, 0.05) is 23.7 Å². The van der Waals surface area contributed by atoms with Gasteiger partial charge in [-0.2, -0.15) is 0 Å². The summed E-state index contributed by atoms with van der Waals surface area (Å²) in [6.07, 6.45) is 1.41. The summed E-state index contributed by atoms with van der Waals surface area (Å²) in [6, 6.07) is 16.7. The summed E-state index contributed by atoms with van der Waals surface area (Å²) in [4.78, 5) is 40.9. The zero-order valence-corrected chi connectivity index (χ0v) is 18.2. The van der Waals surface area contributed by atoms with Crippen molar-refractivity contribution < 1.29 is 28.3 Å². The van der Waals surface area contributed by atoms with Crippen LogP contribution >= 0.6 is 0 Å². The van der Waals surface area contributed by atoms with Crippen molar-refractivity contribution in [3.05, 3.63) is 107 Å². The average molecular weight is 475 g/mol. The molecule has 0 spiro atoms. The van der Waals surface area contributed by atoms with Gasteiger partial charge in [-0.15, -0.1) is 0 Å². The fraction of sp³-hybridized carbons (Fsp3) is 0.0769. The number of carbonyl (C=O) groups excluding carboxylic acids is 2. The predicted octanol–water partition coefficient (Wildman–Crippen LogP) is 4.19. The number of nitrogens with zero attached hydrogens (tertiary/aromatic N) is 1. The third kappa shape index (κ3) is 5.30. The molecule has 0 fully saturated rings. The number of fused-ring (bicyclic) bond motifs is 1. The molecule has 4 rings (SSSR count). The fourth-order valence-corrected chi connectivity index (χ4v) is 3.60. The second-order valence-corrected chi connectivity index (χ2v) is 7.69. The van der Waals surface area contributed by atoms with Crippen molar-refractivity contribution in [2.24, 2.45) is 0 Å². The summed E-state index contributed by atoms with van der Waals surface area (Å²) in [5.41, 5.74) is 1.30. The Balaban J connectivity index is 1.45. The summed E-state index contributed by atoms with van der Waals surface area (Å²) in [6.45, 7) is 0. The van der Waals surface area contributed by atoms with Gasteiger partial charge in [0.05, 0.1) is 11.1 Å². The maximum absolute atomic E-state index is 13.9. The van der Waals surface area contributed by atoms with Crippen molar-refractivity contribution >= 4 is 34.4 Å². The van der Waals surface area contributed by atoms with E-state index in [-0.39, 0.29) is 12.3 Å². The molecular weight excluding hydrogens is 456 g/mol. The third-order valence-corrected chi connectivity index (χ3v) is 5.34. The molecule has 0 unspecified atom stereocenters. The van der Waals surface area contributed by atoms with E-state index >= 15 is 0 Å². The zero-order valence-electron chi connectivity index (χ0n) is 18.2. The first-order valence-electron chi connectivity index (χ1n) is 10.5. The molecule has 176 valence electrons. The summed E-state index contributed by atoms with van der Waals surface area (Å²) >= 11 is 0. The number of benzene rings is 3. The van der Waals surface area contributed by atoms with Crippen molar-refractivity contribution in [1.82, 2.24) is 10.3 Å². The minimum absolute atomic E-state index is 0.139. The monoisotopic (exact) mass is 475 g/mol. The van der Waals surface area contributed by atoms with E-state index in [1.165, 1.54) is 0 Å². The van der Waals surface area contributed by atoms with Crippen LogP contribution in [0.2, 0.25) is 0 Å². The third-order valence-electron chi connectivity index (χ3n) is 5.34. The Morgan fingerprint density at radius 1 is 0.857 bits per heavy atom. The normalized spacial score (nSPS) is 11.6. The summed E-state index contributed by atoms with van der Waals surface area (Å²) in [7, 11) is 0. The number of para-hydroxylation sites is 1. The van der Waals surface area contributed by atoms with Crippen LogP contribution in [0.4, 0.5) is 14.5 Å². The highest BCUT2D eigenvalue weighted by Crippen LogP contribution is 2.19. The van der Waals surface area contributed by atoms with Gasteiger partial charge in [0.2, 0.25) is 0 Å². The van der Waals surface area contributed by atoms with Gasteiger partial charge in [-0.3, -0.25) is 14.6 Å². The summed E-state index contributed by atoms with van der Waals surface area (Å²) in [5.74, 6) is -5.04. The molecule has 4 aromatic rings. The van der Waals surface area contributed by atoms with E-state index in [0.29, 0.717) is 27.7 Å². The molecule has 9 heteroatoms. The van der Waals surface area contributed by atoms with Crippen molar-refractivity contribution in [3.63, 3.8) is 0 Å². The number of halogens is 2. The number of carbonyl (C=O) groups is 3. The summed E-state index contributed by atoms with van der Waals surface area (Å²) < 4.78 is 27.7. The second-order valence-electron chi connectivity index (χ2n) is 7.69. The lowest BCUT2D eigenvalue weighted by Gasteiger charge is -2.16.